The third kappa shape index (κ3) is 2.82. The molecule has 1 N–H and O–H groups in total. The number of thioether (sulfide) groups is 1. The number of nitrogens with zero attached hydrogens (tertiary/aromatic N) is 3. The highest BCUT2D eigenvalue weighted by molar-refractivity contribution is 7.99. The Morgan fingerprint density at radius 1 is 1.25 bits per heavy atom. The molecule has 0 bridgehead atoms. The fourth-order valence-corrected chi connectivity index (χ4v) is 4.42. The maximum atomic E-state index is 12.3. The fourth-order valence-electron chi connectivity index (χ4n) is 3.25. The molecular weight excluding hydrogens is 326 g/mol. The van der Waals surface area contributed by atoms with Gasteiger partial charge in [-0.25, -0.2) is 0 Å². The molecule has 126 valence electrons. The SMILES string of the molecule is O=C1CC(c2noc(C3(O)CCSCC3)n2)CN1c1ccccc1. The second kappa shape index (κ2) is 6.22. The number of rotatable bonds is 3. The van der Waals surface area contributed by atoms with Crippen molar-refractivity contribution in [2.75, 3.05) is 23.0 Å². The van der Waals surface area contributed by atoms with Crippen molar-refractivity contribution < 1.29 is 14.4 Å². The van der Waals surface area contributed by atoms with Crippen LogP contribution in [0.2, 0.25) is 0 Å². The van der Waals surface area contributed by atoms with Gasteiger partial charge in [0, 0.05) is 24.6 Å². The molecule has 2 aliphatic heterocycles. The molecule has 24 heavy (non-hydrogen) atoms. The van der Waals surface area contributed by atoms with Gasteiger partial charge in [-0.3, -0.25) is 4.79 Å². The van der Waals surface area contributed by atoms with Crippen LogP contribution in [0.5, 0.6) is 0 Å². The average molecular weight is 345 g/mol. The summed E-state index contributed by atoms with van der Waals surface area (Å²) in [6, 6.07) is 9.60. The van der Waals surface area contributed by atoms with Crippen LogP contribution in [0.25, 0.3) is 0 Å². The van der Waals surface area contributed by atoms with Gasteiger partial charge in [-0.15, -0.1) is 0 Å². The fraction of sp³-hybridized carbons (Fsp3) is 0.471. The van der Waals surface area contributed by atoms with Crippen LogP contribution < -0.4 is 4.90 Å². The Bertz CT molecular complexity index is 728. The lowest BCUT2D eigenvalue weighted by atomic mass is 9.97. The maximum absolute atomic E-state index is 12.3. The molecule has 1 amide bonds. The van der Waals surface area contributed by atoms with E-state index in [1.54, 1.807) is 4.90 Å². The van der Waals surface area contributed by atoms with Crippen LogP contribution in [0.1, 0.15) is 36.9 Å². The van der Waals surface area contributed by atoms with E-state index in [-0.39, 0.29) is 11.8 Å². The molecule has 2 fully saturated rings. The molecule has 2 aliphatic rings. The summed E-state index contributed by atoms with van der Waals surface area (Å²) in [4.78, 5) is 18.5. The molecule has 0 radical (unpaired) electrons. The summed E-state index contributed by atoms with van der Waals surface area (Å²) in [5.74, 6) is 2.55. The molecule has 2 saturated heterocycles. The number of benzene rings is 1. The highest BCUT2D eigenvalue weighted by atomic mass is 32.2. The average Bonchev–Trinajstić information content (AvgIpc) is 3.23. The number of hydrogen-bond acceptors (Lipinski definition) is 6. The normalized spacial score (nSPS) is 23.6. The lowest BCUT2D eigenvalue weighted by Crippen LogP contribution is -2.31. The van der Waals surface area contributed by atoms with Gasteiger partial charge in [0.25, 0.3) is 5.89 Å². The predicted molar refractivity (Wildman–Crippen MR) is 90.9 cm³/mol. The molecular formula is C17H19N3O3S. The Morgan fingerprint density at radius 2 is 2.00 bits per heavy atom. The maximum Gasteiger partial charge on any atom is 0.258 e. The van der Waals surface area contributed by atoms with Crippen molar-refractivity contribution in [1.29, 1.82) is 0 Å². The van der Waals surface area contributed by atoms with Gasteiger partial charge < -0.3 is 14.5 Å². The molecule has 1 atom stereocenters. The van der Waals surface area contributed by atoms with Gasteiger partial charge in [0.2, 0.25) is 5.91 Å². The van der Waals surface area contributed by atoms with E-state index in [4.69, 9.17) is 4.52 Å². The summed E-state index contributed by atoms with van der Waals surface area (Å²) < 4.78 is 5.35. The van der Waals surface area contributed by atoms with Gasteiger partial charge in [-0.05, 0) is 36.5 Å². The first-order chi connectivity index (χ1) is 11.7. The van der Waals surface area contributed by atoms with Crippen molar-refractivity contribution in [2.24, 2.45) is 0 Å². The van der Waals surface area contributed by atoms with Crippen molar-refractivity contribution in [3.63, 3.8) is 0 Å². The summed E-state index contributed by atoms with van der Waals surface area (Å²) in [6.07, 6.45) is 1.61. The first-order valence-electron chi connectivity index (χ1n) is 8.15. The molecule has 7 heteroatoms. The number of anilines is 1. The van der Waals surface area contributed by atoms with E-state index in [9.17, 15) is 9.90 Å². The number of carbonyl (C=O) groups is 1. The Hall–Kier alpha value is -1.86. The van der Waals surface area contributed by atoms with Gasteiger partial charge in [0.15, 0.2) is 5.82 Å². The predicted octanol–water partition coefficient (Wildman–Crippen LogP) is 2.30. The molecule has 3 heterocycles. The van der Waals surface area contributed by atoms with E-state index in [2.05, 4.69) is 10.1 Å². The lowest BCUT2D eigenvalue weighted by Gasteiger charge is -2.27. The summed E-state index contributed by atoms with van der Waals surface area (Å²) in [7, 11) is 0. The van der Waals surface area contributed by atoms with Crippen LogP contribution in [-0.2, 0) is 10.4 Å². The summed E-state index contributed by atoms with van der Waals surface area (Å²) in [5.41, 5.74) is -0.130. The van der Waals surface area contributed by atoms with Crippen molar-refractivity contribution in [3.05, 3.63) is 42.0 Å². The van der Waals surface area contributed by atoms with Crippen LogP contribution in [0.15, 0.2) is 34.9 Å². The van der Waals surface area contributed by atoms with Gasteiger partial charge >= 0.3 is 0 Å². The van der Waals surface area contributed by atoms with E-state index < -0.39 is 5.60 Å². The summed E-state index contributed by atoms with van der Waals surface area (Å²) in [6.45, 7) is 0.538. The number of aliphatic hydroxyl groups is 1. The molecule has 1 unspecified atom stereocenters. The number of amides is 1. The monoisotopic (exact) mass is 345 g/mol. The summed E-state index contributed by atoms with van der Waals surface area (Å²) >= 11 is 1.82. The standard InChI is InChI=1S/C17H19N3O3S/c21-14-10-12(11-20(14)13-4-2-1-3-5-13)15-18-16(23-19-15)17(22)6-8-24-9-7-17/h1-5,12,22H,6-11H2. The zero-order valence-electron chi connectivity index (χ0n) is 13.2. The Morgan fingerprint density at radius 3 is 2.75 bits per heavy atom. The second-order valence-corrected chi connectivity index (χ2v) is 7.57. The number of para-hydroxylation sites is 1. The van der Waals surface area contributed by atoms with E-state index in [0.717, 1.165) is 17.2 Å². The van der Waals surface area contributed by atoms with Crippen LogP contribution in [0.3, 0.4) is 0 Å². The van der Waals surface area contributed by atoms with Gasteiger partial charge in [0.1, 0.15) is 5.60 Å². The lowest BCUT2D eigenvalue weighted by molar-refractivity contribution is -0.117. The van der Waals surface area contributed by atoms with Crippen molar-refractivity contribution >= 4 is 23.4 Å². The largest absolute Gasteiger partial charge is 0.380 e. The van der Waals surface area contributed by atoms with Crippen LogP contribution in [0, 0.1) is 0 Å². The third-order valence-corrected chi connectivity index (χ3v) is 5.70. The first-order valence-corrected chi connectivity index (χ1v) is 9.31. The molecule has 6 nitrogen and oxygen atoms in total. The Labute approximate surface area is 144 Å². The highest BCUT2D eigenvalue weighted by Crippen LogP contribution is 2.36. The van der Waals surface area contributed by atoms with E-state index >= 15 is 0 Å². The minimum atomic E-state index is -1.02. The van der Waals surface area contributed by atoms with Gasteiger partial charge in [0.05, 0.1) is 0 Å². The number of hydrogen-bond donors (Lipinski definition) is 1. The number of aromatic nitrogens is 2. The number of carbonyl (C=O) groups excluding carboxylic acids is 1. The van der Waals surface area contributed by atoms with Crippen molar-refractivity contribution in [3.8, 4) is 0 Å². The van der Waals surface area contributed by atoms with Crippen molar-refractivity contribution in [1.82, 2.24) is 10.1 Å². The van der Waals surface area contributed by atoms with Crippen molar-refractivity contribution in [2.45, 2.75) is 30.8 Å². The smallest absolute Gasteiger partial charge is 0.258 e. The zero-order valence-corrected chi connectivity index (χ0v) is 14.0. The zero-order chi connectivity index (χ0) is 16.6. The molecule has 0 saturated carbocycles. The van der Waals surface area contributed by atoms with Gasteiger partial charge in [-0.1, -0.05) is 23.4 Å². The minimum absolute atomic E-state index is 0.0605. The Kier molecular flexibility index (Phi) is 4.05. The molecule has 1 aromatic carbocycles. The van der Waals surface area contributed by atoms with E-state index in [1.807, 2.05) is 42.1 Å². The highest BCUT2D eigenvalue weighted by Gasteiger charge is 2.40. The minimum Gasteiger partial charge on any atom is -0.380 e. The first kappa shape index (κ1) is 15.7. The molecule has 2 aromatic rings. The van der Waals surface area contributed by atoms with Crippen LogP contribution >= 0.6 is 11.8 Å². The molecule has 0 spiro atoms. The quantitative estimate of drug-likeness (QED) is 0.919. The molecule has 1 aromatic heterocycles. The summed E-state index contributed by atoms with van der Waals surface area (Å²) in [5, 5.41) is 14.7. The van der Waals surface area contributed by atoms with E-state index in [1.165, 1.54) is 0 Å². The van der Waals surface area contributed by atoms with Crippen LogP contribution in [0.4, 0.5) is 5.69 Å². The van der Waals surface area contributed by atoms with E-state index in [0.29, 0.717) is 37.5 Å². The topological polar surface area (TPSA) is 79.5 Å². The van der Waals surface area contributed by atoms with Gasteiger partial charge in [-0.2, -0.15) is 16.7 Å². The second-order valence-electron chi connectivity index (χ2n) is 6.34. The molecule has 0 aliphatic carbocycles. The van der Waals surface area contributed by atoms with Crippen LogP contribution in [-0.4, -0.2) is 39.2 Å². The Balaban J connectivity index is 1.52. The molecule has 4 rings (SSSR count). The third-order valence-electron chi connectivity index (χ3n) is 4.72.